The lowest BCUT2D eigenvalue weighted by Gasteiger charge is -2.13. The van der Waals surface area contributed by atoms with E-state index < -0.39 is 0 Å². The van der Waals surface area contributed by atoms with E-state index in [-0.39, 0.29) is 0 Å². The van der Waals surface area contributed by atoms with Crippen molar-refractivity contribution in [2.45, 2.75) is 0 Å². The van der Waals surface area contributed by atoms with Gasteiger partial charge in [0.25, 0.3) is 0 Å². The molecule has 9 aromatic carbocycles. The Kier molecular flexibility index (Phi) is 5.00. The lowest BCUT2D eigenvalue weighted by Crippen LogP contribution is -1.95. The van der Waals surface area contributed by atoms with Crippen LogP contribution in [0.3, 0.4) is 0 Å². The summed E-state index contributed by atoms with van der Waals surface area (Å²) in [6, 6.07) is 59.9. The van der Waals surface area contributed by atoms with E-state index in [2.05, 4.69) is 168 Å². The van der Waals surface area contributed by atoms with Gasteiger partial charge in [-0.15, -0.1) is 0 Å². The topological polar surface area (TPSA) is 18.1 Å². The molecule has 1 aliphatic rings. The number of furan rings is 1. The number of fused-ring (bicyclic) bond motifs is 14. The minimum absolute atomic E-state index is 0.920. The monoisotopic (exact) mass is 633 g/mol. The number of aromatic nitrogens is 1. The molecule has 0 saturated heterocycles. The molecule has 2 heteroatoms. The Morgan fingerprint density at radius 1 is 0.380 bits per heavy atom. The van der Waals surface area contributed by atoms with Crippen molar-refractivity contribution in [2.24, 2.45) is 0 Å². The van der Waals surface area contributed by atoms with Crippen molar-refractivity contribution < 1.29 is 4.42 Å². The van der Waals surface area contributed by atoms with Crippen LogP contribution in [0.5, 0.6) is 0 Å². The van der Waals surface area contributed by atoms with Crippen molar-refractivity contribution in [2.75, 3.05) is 0 Å². The Morgan fingerprint density at radius 2 is 1.02 bits per heavy atom. The maximum absolute atomic E-state index is 6.71. The molecule has 0 fully saturated rings. The van der Waals surface area contributed by atoms with E-state index in [1.807, 2.05) is 0 Å². The van der Waals surface area contributed by atoms with E-state index in [9.17, 15) is 0 Å². The molecule has 2 heterocycles. The maximum atomic E-state index is 6.71. The van der Waals surface area contributed by atoms with E-state index in [0.29, 0.717) is 0 Å². The van der Waals surface area contributed by atoms with Crippen LogP contribution in [0, 0.1) is 0 Å². The standard InChI is InChI=1S/C48H27NO/c1-2-11-34-33(10-1)36-17-9-16-35-32(24-25-38(34)44(35)36)30-21-20-29-27-31(23-22-28(29)26-30)49-42-18-7-5-14-40(42)46-47(49)39-13-4-3-12-37(39)45-41-15-6-8-19-43(41)50-48(45)46/h1-27H. The van der Waals surface area contributed by atoms with Gasteiger partial charge in [-0.1, -0.05) is 133 Å². The zero-order valence-electron chi connectivity index (χ0n) is 26.9. The summed E-state index contributed by atoms with van der Waals surface area (Å²) in [6.07, 6.45) is 0. The lowest BCUT2D eigenvalue weighted by molar-refractivity contribution is 0.673. The number of rotatable bonds is 2. The average Bonchev–Trinajstić information content (AvgIpc) is 3.84. The van der Waals surface area contributed by atoms with Gasteiger partial charge in [-0.2, -0.15) is 0 Å². The molecule has 2 nitrogen and oxygen atoms in total. The fourth-order valence-corrected chi connectivity index (χ4v) is 8.99. The lowest BCUT2D eigenvalue weighted by atomic mass is 9.93. The zero-order valence-corrected chi connectivity index (χ0v) is 26.9. The van der Waals surface area contributed by atoms with Gasteiger partial charge < -0.3 is 8.98 Å². The first-order chi connectivity index (χ1) is 24.8. The van der Waals surface area contributed by atoms with Crippen molar-refractivity contribution in [3.05, 3.63) is 164 Å². The minimum atomic E-state index is 0.920. The quantitative estimate of drug-likeness (QED) is 0.185. The van der Waals surface area contributed by atoms with Crippen LogP contribution >= 0.6 is 0 Å². The highest BCUT2D eigenvalue weighted by Gasteiger charge is 2.24. The molecule has 2 aromatic heterocycles. The second kappa shape index (κ2) is 9.49. The van der Waals surface area contributed by atoms with Crippen LogP contribution in [0.25, 0.3) is 115 Å². The number of para-hydroxylation sites is 2. The maximum Gasteiger partial charge on any atom is 0.146 e. The van der Waals surface area contributed by atoms with Gasteiger partial charge in [0.15, 0.2) is 0 Å². The van der Waals surface area contributed by atoms with Gasteiger partial charge in [0.05, 0.1) is 16.4 Å². The van der Waals surface area contributed by atoms with Crippen LogP contribution in [0.1, 0.15) is 0 Å². The van der Waals surface area contributed by atoms with E-state index in [0.717, 1.165) is 27.6 Å². The third-order valence-electron chi connectivity index (χ3n) is 11.1. The fourth-order valence-electron chi connectivity index (χ4n) is 8.99. The van der Waals surface area contributed by atoms with E-state index in [1.165, 1.54) is 87.5 Å². The summed E-state index contributed by atoms with van der Waals surface area (Å²) in [6.45, 7) is 0. The minimum Gasteiger partial charge on any atom is -0.455 e. The summed E-state index contributed by atoms with van der Waals surface area (Å²) in [5.74, 6) is 0. The molecule has 0 aliphatic heterocycles. The van der Waals surface area contributed by atoms with Gasteiger partial charge in [-0.05, 0) is 90.6 Å². The first-order valence-electron chi connectivity index (χ1n) is 17.3. The van der Waals surface area contributed by atoms with Crippen molar-refractivity contribution in [3.8, 4) is 39.1 Å². The molecular formula is C48H27NO. The van der Waals surface area contributed by atoms with Crippen LogP contribution in [0.4, 0.5) is 0 Å². The first kappa shape index (κ1) is 26.3. The van der Waals surface area contributed by atoms with E-state index >= 15 is 0 Å². The van der Waals surface area contributed by atoms with Crippen LogP contribution < -0.4 is 0 Å². The van der Waals surface area contributed by atoms with Crippen LogP contribution in [0.2, 0.25) is 0 Å². The second-order valence-electron chi connectivity index (χ2n) is 13.6. The smallest absolute Gasteiger partial charge is 0.146 e. The highest BCUT2D eigenvalue weighted by molar-refractivity contribution is 6.35. The Morgan fingerprint density at radius 3 is 1.90 bits per heavy atom. The fraction of sp³-hybridized carbons (Fsp3) is 0. The Balaban J connectivity index is 1.09. The SMILES string of the molecule is c1ccc2c(c1)-c1cccc3c(-c4ccc5cc(-n6c7ccccc7c7c8oc9ccccc9c8c8ccccc8c76)ccc5c4)ccc-2c13. The Hall–Kier alpha value is -6.64. The summed E-state index contributed by atoms with van der Waals surface area (Å²) in [5.41, 5.74) is 13.2. The van der Waals surface area contributed by atoms with Gasteiger partial charge >= 0.3 is 0 Å². The summed E-state index contributed by atoms with van der Waals surface area (Å²) in [4.78, 5) is 0. The molecule has 0 spiro atoms. The summed E-state index contributed by atoms with van der Waals surface area (Å²) >= 11 is 0. The van der Waals surface area contributed by atoms with Gasteiger partial charge in [-0.25, -0.2) is 0 Å². The molecule has 230 valence electrons. The highest BCUT2D eigenvalue weighted by Crippen LogP contribution is 2.50. The van der Waals surface area contributed by atoms with E-state index in [4.69, 9.17) is 4.42 Å². The van der Waals surface area contributed by atoms with Crippen molar-refractivity contribution in [1.29, 1.82) is 0 Å². The molecule has 0 bridgehead atoms. The average molecular weight is 634 g/mol. The third kappa shape index (κ3) is 3.32. The molecule has 0 atom stereocenters. The van der Waals surface area contributed by atoms with Crippen molar-refractivity contribution in [1.82, 2.24) is 4.57 Å². The molecule has 50 heavy (non-hydrogen) atoms. The zero-order chi connectivity index (χ0) is 32.5. The molecule has 0 saturated carbocycles. The normalized spacial score (nSPS) is 12.4. The van der Waals surface area contributed by atoms with Crippen LogP contribution in [-0.2, 0) is 0 Å². The number of hydrogen-bond donors (Lipinski definition) is 0. The van der Waals surface area contributed by atoms with Crippen molar-refractivity contribution in [3.63, 3.8) is 0 Å². The van der Waals surface area contributed by atoms with E-state index in [1.54, 1.807) is 0 Å². The summed E-state index contributed by atoms with van der Waals surface area (Å²) < 4.78 is 9.15. The third-order valence-corrected chi connectivity index (χ3v) is 11.1. The largest absolute Gasteiger partial charge is 0.455 e. The molecule has 0 N–H and O–H groups in total. The van der Waals surface area contributed by atoms with Crippen molar-refractivity contribution >= 4 is 76.1 Å². The number of nitrogens with zero attached hydrogens (tertiary/aromatic N) is 1. The molecule has 0 unspecified atom stereocenters. The Bertz CT molecular complexity index is 3240. The van der Waals surface area contributed by atoms with Crippen LogP contribution in [-0.4, -0.2) is 4.57 Å². The van der Waals surface area contributed by atoms with Crippen LogP contribution in [0.15, 0.2) is 168 Å². The molecule has 1 aliphatic carbocycles. The summed E-state index contributed by atoms with van der Waals surface area (Å²) in [7, 11) is 0. The molecular weight excluding hydrogens is 607 g/mol. The number of hydrogen-bond acceptors (Lipinski definition) is 1. The predicted molar refractivity (Wildman–Crippen MR) is 210 cm³/mol. The molecule has 0 radical (unpaired) electrons. The first-order valence-corrected chi connectivity index (χ1v) is 17.3. The Labute approximate surface area is 287 Å². The predicted octanol–water partition coefficient (Wildman–Crippen LogP) is 13.5. The highest BCUT2D eigenvalue weighted by atomic mass is 16.3. The van der Waals surface area contributed by atoms with Gasteiger partial charge in [0.1, 0.15) is 11.2 Å². The summed E-state index contributed by atoms with van der Waals surface area (Å²) in [5, 5.41) is 12.2. The van der Waals surface area contributed by atoms with Gasteiger partial charge in [-0.3, -0.25) is 0 Å². The molecule has 11 aromatic rings. The molecule has 0 amide bonds. The van der Waals surface area contributed by atoms with Gasteiger partial charge in [0.2, 0.25) is 0 Å². The second-order valence-corrected chi connectivity index (χ2v) is 13.6. The number of benzene rings is 9. The van der Waals surface area contributed by atoms with Gasteiger partial charge in [0, 0.05) is 27.2 Å². The molecule has 12 rings (SSSR count).